The number of halogens is 2. The second kappa shape index (κ2) is 11.0. The van der Waals surface area contributed by atoms with E-state index < -0.39 is 29.0 Å². The molecule has 0 saturated carbocycles. The van der Waals surface area contributed by atoms with Crippen molar-refractivity contribution in [1.82, 2.24) is 4.90 Å². The Morgan fingerprint density at radius 2 is 1.81 bits per heavy atom. The molecule has 0 aliphatic carbocycles. The van der Waals surface area contributed by atoms with Crippen molar-refractivity contribution in [2.24, 2.45) is 4.99 Å². The van der Waals surface area contributed by atoms with E-state index in [1.165, 1.54) is 18.1 Å². The summed E-state index contributed by atoms with van der Waals surface area (Å²) in [6, 6.07) is 11.7. The van der Waals surface area contributed by atoms with E-state index in [4.69, 9.17) is 19.2 Å². The quantitative estimate of drug-likeness (QED) is 0.381. The third kappa shape index (κ3) is 6.67. The third-order valence-corrected chi connectivity index (χ3v) is 6.64. The number of amidine groups is 1. The summed E-state index contributed by atoms with van der Waals surface area (Å²) in [6.45, 7) is 7.03. The number of benzene rings is 2. The number of aliphatic imine (C=N–C) groups is 1. The van der Waals surface area contributed by atoms with E-state index in [0.717, 1.165) is 17.3 Å². The molecule has 192 valence electrons. The Bertz CT molecular complexity index is 1210. The largest absolute Gasteiger partial charge is 0.497 e. The fourth-order valence-electron chi connectivity index (χ4n) is 3.42. The van der Waals surface area contributed by atoms with Gasteiger partial charge in [-0.15, -0.1) is 0 Å². The van der Waals surface area contributed by atoms with Gasteiger partial charge >= 0.3 is 12.1 Å². The van der Waals surface area contributed by atoms with E-state index in [1.54, 1.807) is 65.1 Å². The predicted octanol–water partition coefficient (Wildman–Crippen LogP) is 6.41. The summed E-state index contributed by atoms with van der Waals surface area (Å²) >= 11 is 4.34. The van der Waals surface area contributed by atoms with Gasteiger partial charge in [-0.1, -0.05) is 28.1 Å². The van der Waals surface area contributed by atoms with Gasteiger partial charge in [0.25, 0.3) is 0 Å². The molecule has 1 heterocycles. The topological polar surface area (TPSA) is 77.4 Å². The van der Waals surface area contributed by atoms with Crippen molar-refractivity contribution in [3.8, 4) is 5.75 Å². The molecule has 1 amide bonds. The number of carbonyl (C=O) groups is 2. The van der Waals surface area contributed by atoms with Crippen LogP contribution in [0.5, 0.6) is 5.75 Å². The number of hydrogen-bond donors (Lipinski definition) is 0. The van der Waals surface area contributed by atoms with Crippen molar-refractivity contribution in [3.63, 3.8) is 0 Å². The zero-order valence-corrected chi connectivity index (χ0v) is 23.3. The van der Waals surface area contributed by atoms with Crippen molar-refractivity contribution in [2.45, 2.75) is 45.4 Å². The number of thioether (sulfide) groups is 1. The van der Waals surface area contributed by atoms with E-state index in [1.807, 2.05) is 12.1 Å². The number of nitrogens with zero attached hydrogens (tertiary/aromatic N) is 2. The van der Waals surface area contributed by atoms with Crippen LogP contribution in [0.25, 0.3) is 0 Å². The van der Waals surface area contributed by atoms with Gasteiger partial charge in [-0.3, -0.25) is 4.90 Å². The van der Waals surface area contributed by atoms with Crippen molar-refractivity contribution < 1.29 is 28.2 Å². The first-order chi connectivity index (χ1) is 16.8. The van der Waals surface area contributed by atoms with Crippen LogP contribution in [0.15, 0.2) is 62.9 Å². The van der Waals surface area contributed by atoms with Crippen LogP contribution in [0, 0.1) is 5.82 Å². The van der Waals surface area contributed by atoms with Crippen LogP contribution in [-0.4, -0.2) is 42.0 Å². The Morgan fingerprint density at radius 1 is 1.14 bits per heavy atom. The lowest BCUT2D eigenvalue weighted by Gasteiger charge is -2.33. The van der Waals surface area contributed by atoms with Crippen LogP contribution in [0.2, 0.25) is 0 Å². The van der Waals surface area contributed by atoms with Crippen LogP contribution >= 0.6 is 27.7 Å². The molecule has 0 spiro atoms. The third-order valence-electron chi connectivity index (χ3n) is 5.15. The van der Waals surface area contributed by atoms with Gasteiger partial charge in [0.1, 0.15) is 22.7 Å². The van der Waals surface area contributed by atoms with Gasteiger partial charge in [0.2, 0.25) is 0 Å². The van der Waals surface area contributed by atoms with Gasteiger partial charge in [-0.25, -0.2) is 19.0 Å². The summed E-state index contributed by atoms with van der Waals surface area (Å²) in [6.07, 6.45) is 0.881. The minimum atomic E-state index is -1.31. The lowest BCUT2D eigenvalue weighted by Crippen LogP contribution is -2.41. The highest BCUT2D eigenvalue weighted by Gasteiger charge is 2.38. The van der Waals surface area contributed by atoms with Crippen molar-refractivity contribution in [1.29, 1.82) is 0 Å². The van der Waals surface area contributed by atoms with Crippen molar-refractivity contribution in [3.05, 3.63) is 74.9 Å². The van der Waals surface area contributed by atoms with Crippen LogP contribution in [-0.2, 0) is 26.4 Å². The zero-order valence-electron chi connectivity index (χ0n) is 20.9. The van der Waals surface area contributed by atoms with Crippen LogP contribution < -0.4 is 4.74 Å². The van der Waals surface area contributed by atoms with Gasteiger partial charge in [0.15, 0.2) is 5.17 Å². The first-order valence-electron chi connectivity index (χ1n) is 11.0. The van der Waals surface area contributed by atoms with Crippen LogP contribution in [0.3, 0.4) is 0 Å². The van der Waals surface area contributed by atoms with Gasteiger partial charge in [0, 0.05) is 10.0 Å². The summed E-state index contributed by atoms with van der Waals surface area (Å²) in [7, 11) is 2.83. The number of carbonyl (C=O) groups excluding carboxylic acids is 2. The van der Waals surface area contributed by atoms with E-state index in [-0.39, 0.29) is 22.2 Å². The Labute approximate surface area is 222 Å². The van der Waals surface area contributed by atoms with Gasteiger partial charge in [0.05, 0.1) is 25.7 Å². The molecule has 1 aliphatic rings. The fourth-order valence-corrected chi connectivity index (χ4v) is 4.92. The Kier molecular flexibility index (Phi) is 8.51. The number of amides is 1. The number of rotatable bonds is 5. The maximum atomic E-state index is 15.0. The summed E-state index contributed by atoms with van der Waals surface area (Å²) in [5, 5.41) is 0.171. The Morgan fingerprint density at radius 3 is 2.39 bits per heavy atom. The molecule has 0 saturated heterocycles. The summed E-state index contributed by atoms with van der Waals surface area (Å²) < 4.78 is 31.5. The van der Waals surface area contributed by atoms with E-state index in [2.05, 4.69) is 15.9 Å². The highest BCUT2D eigenvalue weighted by Crippen LogP contribution is 2.41. The van der Waals surface area contributed by atoms with E-state index >= 15 is 0 Å². The lowest BCUT2D eigenvalue weighted by atomic mass is 9.91. The standard InChI is InChI=1S/C26H28BrFN2O5S/c1-25(2,3)35-24(32)30(15-16-7-10-18(33-5)11-8-16)23-29-26(4,14-21(36-23)22(31)34-6)19-13-17(27)9-12-20(19)28/h7-14H,15H2,1-6H3. The molecule has 1 aliphatic heterocycles. The molecule has 0 aromatic heterocycles. The number of hydrogen-bond acceptors (Lipinski definition) is 7. The average Bonchev–Trinajstić information content (AvgIpc) is 2.82. The number of methoxy groups -OCH3 is 2. The molecule has 0 N–H and O–H groups in total. The Balaban J connectivity index is 2.13. The molecule has 2 aromatic rings. The molecule has 7 nitrogen and oxygen atoms in total. The molecule has 1 atom stereocenters. The lowest BCUT2D eigenvalue weighted by molar-refractivity contribution is -0.135. The molecular weight excluding hydrogens is 551 g/mol. The molecule has 0 bridgehead atoms. The summed E-state index contributed by atoms with van der Waals surface area (Å²) in [5.74, 6) is -0.460. The van der Waals surface area contributed by atoms with Crippen molar-refractivity contribution >= 4 is 44.9 Å². The number of esters is 1. The average molecular weight is 579 g/mol. The molecular formula is C26H28BrFN2O5S. The molecule has 0 radical (unpaired) electrons. The molecule has 10 heteroatoms. The molecule has 2 aromatic carbocycles. The maximum Gasteiger partial charge on any atom is 0.416 e. The second-order valence-corrected chi connectivity index (χ2v) is 11.1. The maximum absolute atomic E-state index is 15.0. The first-order valence-corrected chi connectivity index (χ1v) is 12.6. The smallest absolute Gasteiger partial charge is 0.416 e. The molecule has 0 fully saturated rings. The second-order valence-electron chi connectivity index (χ2n) is 9.18. The van der Waals surface area contributed by atoms with Gasteiger partial charge in [-0.2, -0.15) is 0 Å². The monoisotopic (exact) mass is 578 g/mol. The number of ether oxygens (including phenoxy) is 3. The zero-order chi connectivity index (χ0) is 26.7. The highest BCUT2D eigenvalue weighted by atomic mass is 79.9. The molecule has 3 rings (SSSR count). The fraction of sp³-hybridized carbons (Fsp3) is 0.346. The molecule has 1 unspecified atom stereocenters. The minimum absolute atomic E-state index is 0.0935. The van der Waals surface area contributed by atoms with Gasteiger partial charge in [-0.05, 0) is 81.4 Å². The normalized spacial score (nSPS) is 17.6. The summed E-state index contributed by atoms with van der Waals surface area (Å²) in [4.78, 5) is 32.3. The summed E-state index contributed by atoms with van der Waals surface area (Å²) in [5.41, 5.74) is -1.09. The van der Waals surface area contributed by atoms with Crippen molar-refractivity contribution in [2.75, 3.05) is 14.2 Å². The van der Waals surface area contributed by atoms with Gasteiger partial charge < -0.3 is 14.2 Å². The van der Waals surface area contributed by atoms with Crippen LogP contribution in [0.4, 0.5) is 9.18 Å². The van der Waals surface area contributed by atoms with Crippen LogP contribution in [0.1, 0.15) is 38.8 Å². The Hall–Kier alpha value is -2.85. The SMILES string of the molecule is COC(=O)C1=CC(C)(c2cc(Br)ccc2F)N=C(N(Cc2ccc(OC)cc2)C(=O)OC(C)(C)C)S1. The first kappa shape index (κ1) is 27.7. The predicted molar refractivity (Wildman–Crippen MR) is 141 cm³/mol. The highest BCUT2D eigenvalue weighted by molar-refractivity contribution is 9.10. The molecule has 36 heavy (non-hydrogen) atoms. The van der Waals surface area contributed by atoms with E-state index in [9.17, 15) is 14.0 Å². The minimum Gasteiger partial charge on any atom is -0.497 e. The van der Waals surface area contributed by atoms with E-state index in [0.29, 0.717) is 10.2 Å².